The van der Waals surface area contributed by atoms with Crippen molar-refractivity contribution < 1.29 is 18.7 Å². The van der Waals surface area contributed by atoms with Gasteiger partial charge in [0.15, 0.2) is 5.13 Å². The van der Waals surface area contributed by atoms with Gasteiger partial charge in [0.2, 0.25) is 11.8 Å². The SMILES string of the molecule is CC(=O)N(c1nc(/C=C/C(=O)NCCCCN2CCOCC2)cs1)c1ccccc1F. The van der Waals surface area contributed by atoms with E-state index in [0.717, 1.165) is 45.7 Å². The Hall–Kier alpha value is -2.62. The summed E-state index contributed by atoms with van der Waals surface area (Å²) in [6.45, 7) is 6.53. The number of rotatable bonds is 9. The number of halogens is 1. The number of aromatic nitrogens is 1. The normalized spacial score (nSPS) is 14.6. The van der Waals surface area contributed by atoms with Gasteiger partial charge in [0.25, 0.3) is 0 Å². The molecule has 0 aliphatic carbocycles. The minimum atomic E-state index is -0.502. The van der Waals surface area contributed by atoms with Crippen LogP contribution in [0.25, 0.3) is 6.08 Å². The monoisotopic (exact) mass is 446 g/mol. The second-order valence-corrected chi connectivity index (χ2v) is 7.98. The minimum Gasteiger partial charge on any atom is -0.379 e. The summed E-state index contributed by atoms with van der Waals surface area (Å²) < 4.78 is 19.5. The Balaban J connectivity index is 1.47. The minimum absolute atomic E-state index is 0.148. The van der Waals surface area contributed by atoms with E-state index in [9.17, 15) is 14.0 Å². The van der Waals surface area contributed by atoms with Crippen molar-refractivity contribution in [3.63, 3.8) is 0 Å². The summed E-state index contributed by atoms with van der Waals surface area (Å²) in [5.74, 6) is -1.04. The van der Waals surface area contributed by atoms with Gasteiger partial charge < -0.3 is 10.1 Å². The number of para-hydroxylation sites is 1. The maximum absolute atomic E-state index is 14.1. The van der Waals surface area contributed by atoms with Gasteiger partial charge in [-0.1, -0.05) is 12.1 Å². The quantitative estimate of drug-likeness (QED) is 0.473. The second-order valence-electron chi connectivity index (χ2n) is 7.15. The number of ether oxygens (including phenoxy) is 1. The number of nitrogens with zero attached hydrogens (tertiary/aromatic N) is 3. The van der Waals surface area contributed by atoms with Gasteiger partial charge in [-0.3, -0.25) is 19.4 Å². The van der Waals surface area contributed by atoms with Crippen molar-refractivity contribution in [2.45, 2.75) is 19.8 Å². The van der Waals surface area contributed by atoms with Crippen molar-refractivity contribution in [2.75, 3.05) is 44.3 Å². The van der Waals surface area contributed by atoms with E-state index < -0.39 is 5.82 Å². The van der Waals surface area contributed by atoms with Gasteiger partial charge in [0.05, 0.1) is 24.6 Å². The molecule has 1 aliphatic heterocycles. The molecule has 0 saturated carbocycles. The number of benzene rings is 1. The first-order chi connectivity index (χ1) is 15.0. The van der Waals surface area contributed by atoms with Crippen molar-refractivity contribution in [3.8, 4) is 0 Å². The van der Waals surface area contributed by atoms with E-state index in [0.29, 0.717) is 17.4 Å². The molecule has 2 amide bonds. The first-order valence-electron chi connectivity index (χ1n) is 10.3. The number of anilines is 2. The van der Waals surface area contributed by atoms with Crippen LogP contribution in [-0.2, 0) is 14.3 Å². The molecule has 0 unspecified atom stereocenters. The fraction of sp³-hybridized carbons (Fsp3) is 0.409. The molecular weight excluding hydrogens is 419 g/mol. The molecule has 0 bridgehead atoms. The van der Waals surface area contributed by atoms with Crippen LogP contribution >= 0.6 is 11.3 Å². The van der Waals surface area contributed by atoms with E-state index in [1.165, 1.54) is 41.4 Å². The summed E-state index contributed by atoms with van der Waals surface area (Å²) in [6.07, 6.45) is 4.94. The average molecular weight is 447 g/mol. The highest BCUT2D eigenvalue weighted by Gasteiger charge is 2.20. The molecular formula is C22H27FN4O3S. The van der Waals surface area contributed by atoms with Crippen LogP contribution in [0.3, 0.4) is 0 Å². The predicted octanol–water partition coefficient (Wildman–Crippen LogP) is 3.21. The van der Waals surface area contributed by atoms with Crippen molar-refractivity contribution in [1.82, 2.24) is 15.2 Å². The number of amides is 2. The smallest absolute Gasteiger partial charge is 0.244 e. The lowest BCUT2D eigenvalue weighted by Gasteiger charge is -2.26. The van der Waals surface area contributed by atoms with Crippen molar-refractivity contribution in [3.05, 3.63) is 47.2 Å². The van der Waals surface area contributed by atoms with Crippen LogP contribution < -0.4 is 10.2 Å². The van der Waals surface area contributed by atoms with Crippen LogP contribution in [0.5, 0.6) is 0 Å². The van der Waals surface area contributed by atoms with Gasteiger partial charge in [-0.25, -0.2) is 9.37 Å². The zero-order valence-corrected chi connectivity index (χ0v) is 18.4. The molecule has 1 saturated heterocycles. The van der Waals surface area contributed by atoms with Gasteiger partial charge in [-0.2, -0.15) is 0 Å². The molecule has 0 radical (unpaired) electrons. The summed E-state index contributed by atoms with van der Waals surface area (Å²) in [7, 11) is 0. The lowest BCUT2D eigenvalue weighted by Crippen LogP contribution is -2.37. The Kier molecular flexibility index (Phi) is 8.69. The first kappa shape index (κ1) is 23.1. The van der Waals surface area contributed by atoms with Crippen LogP contribution in [0.2, 0.25) is 0 Å². The van der Waals surface area contributed by atoms with Crippen LogP contribution in [0.4, 0.5) is 15.2 Å². The van der Waals surface area contributed by atoms with Gasteiger partial charge >= 0.3 is 0 Å². The molecule has 0 spiro atoms. The Morgan fingerprint density at radius 3 is 2.81 bits per heavy atom. The third-order valence-corrected chi connectivity index (χ3v) is 5.66. The van der Waals surface area contributed by atoms with E-state index in [2.05, 4.69) is 15.2 Å². The van der Waals surface area contributed by atoms with Gasteiger partial charge in [0, 0.05) is 38.0 Å². The lowest BCUT2D eigenvalue weighted by molar-refractivity contribution is -0.117. The highest BCUT2D eigenvalue weighted by Crippen LogP contribution is 2.30. The molecule has 1 aromatic heterocycles. The summed E-state index contributed by atoms with van der Waals surface area (Å²) >= 11 is 1.21. The number of carbonyl (C=O) groups is 2. The van der Waals surface area contributed by atoms with Crippen molar-refractivity contribution in [2.24, 2.45) is 0 Å². The topological polar surface area (TPSA) is 74.8 Å². The van der Waals surface area contributed by atoms with Gasteiger partial charge in [-0.15, -0.1) is 11.3 Å². The highest BCUT2D eigenvalue weighted by molar-refractivity contribution is 7.14. The van der Waals surface area contributed by atoms with Crippen LogP contribution in [0.1, 0.15) is 25.5 Å². The standard InChI is InChI=1S/C22H27FN4O3S/c1-17(28)27(20-7-3-2-6-19(20)23)22-25-18(16-31-22)8-9-21(29)24-10-4-5-11-26-12-14-30-15-13-26/h2-3,6-9,16H,4-5,10-15H2,1H3,(H,24,29)/b9-8+. The van der Waals surface area contributed by atoms with Gasteiger partial charge in [-0.05, 0) is 37.6 Å². The molecule has 9 heteroatoms. The number of thiazole rings is 1. The van der Waals surface area contributed by atoms with Gasteiger partial charge in [0.1, 0.15) is 5.82 Å². The lowest BCUT2D eigenvalue weighted by atomic mass is 10.2. The Labute approximate surface area is 185 Å². The average Bonchev–Trinajstić information content (AvgIpc) is 3.22. The fourth-order valence-corrected chi connectivity index (χ4v) is 4.06. The predicted molar refractivity (Wildman–Crippen MR) is 120 cm³/mol. The molecule has 1 aromatic carbocycles. The molecule has 3 rings (SSSR count). The molecule has 1 aliphatic rings. The van der Waals surface area contributed by atoms with E-state index in [1.807, 2.05) is 0 Å². The van der Waals surface area contributed by atoms with Crippen LogP contribution in [-0.4, -0.2) is 61.1 Å². The molecule has 2 aromatic rings. The van der Waals surface area contributed by atoms with Crippen molar-refractivity contribution >= 4 is 40.0 Å². The number of nitrogens with one attached hydrogen (secondary N) is 1. The number of hydrogen-bond acceptors (Lipinski definition) is 6. The second kappa shape index (κ2) is 11.7. The zero-order valence-electron chi connectivity index (χ0n) is 17.6. The molecule has 1 fully saturated rings. The molecule has 0 atom stereocenters. The maximum atomic E-state index is 14.1. The molecule has 1 N–H and O–H groups in total. The zero-order chi connectivity index (χ0) is 22.1. The fourth-order valence-electron chi connectivity index (χ4n) is 3.21. The summed E-state index contributed by atoms with van der Waals surface area (Å²) in [6, 6.07) is 6.05. The van der Waals surface area contributed by atoms with E-state index in [4.69, 9.17) is 4.74 Å². The van der Waals surface area contributed by atoms with Crippen LogP contribution in [0.15, 0.2) is 35.7 Å². The number of hydrogen-bond donors (Lipinski definition) is 1. The number of morpholine rings is 1. The maximum Gasteiger partial charge on any atom is 0.244 e. The largest absolute Gasteiger partial charge is 0.379 e. The summed E-state index contributed by atoms with van der Waals surface area (Å²) in [4.78, 5) is 32.1. The van der Waals surface area contributed by atoms with Crippen LogP contribution in [0, 0.1) is 5.82 Å². The Morgan fingerprint density at radius 1 is 1.29 bits per heavy atom. The molecule has 166 valence electrons. The third kappa shape index (κ3) is 6.95. The Bertz CT molecular complexity index is 912. The highest BCUT2D eigenvalue weighted by atomic mass is 32.1. The third-order valence-electron chi connectivity index (χ3n) is 4.82. The number of carbonyl (C=O) groups excluding carboxylic acids is 2. The van der Waals surface area contributed by atoms with E-state index in [1.54, 1.807) is 23.6 Å². The molecule has 31 heavy (non-hydrogen) atoms. The summed E-state index contributed by atoms with van der Waals surface area (Å²) in [5, 5.41) is 4.93. The van der Waals surface area contributed by atoms with E-state index >= 15 is 0 Å². The molecule has 2 heterocycles. The molecule has 7 nitrogen and oxygen atoms in total. The Morgan fingerprint density at radius 2 is 2.06 bits per heavy atom. The van der Waals surface area contributed by atoms with E-state index in [-0.39, 0.29) is 17.5 Å². The summed E-state index contributed by atoms with van der Waals surface area (Å²) in [5.41, 5.74) is 0.680. The number of unbranched alkanes of at least 4 members (excludes halogenated alkanes) is 1. The first-order valence-corrected chi connectivity index (χ1v) is 11.2. The van der Waals surface area contributed by atoms with Crippen molar-refractivity contribution in [1.29, 1.82) is 0 Å².